The summed E-state index contributed by atoms with van der Waals surface area (Å²) in [5, 5.41) is 0. The lowest BCUT2D eigenvalue weighted by Gasteiger charge is -2.06. The summed E-state index contributed by atoms with van der Waals surface area (Å²) in [7, 11) is 0. The zero-order valence-corrected chi connectivity index (χ0v) is 8.53. The summed E-state index contributed by atoms with van der Waals surface area (Å²) in [6, 6.07) is 6.20. The van der Waals surface area contributed by atoms with Gasteiger partial charge < -0.3 is 4.74 Å². The monoisotopic (exact) mass is 203 g/mol. The van der Waals surface area contributed by atoms with Gasteiger partial charge >= 0.3 is 0 Å². The summed E-state index contributed by atoms with van der Waals surface area (Å²) >= 11 is 0. The molecule has 3 nitrogen and oxygen atoms in total. The number of aliphatic imine (C=N–C) groups is 1. The van der Waals surface area contributed by atoms with Crippen LogP contribution >= 0.6 is 0 Å². The fourth-order valence-electron chi connectivity index (χ4n) is 1.89. The first kappa shape index (κ1) is 9.94. The van der Waals surface area contributed by atoms with Crippen LogP contribution in [0.15, 0.2) is 23.2 Å². The standard InChI is InChI=1S/C12H13NO2/c14-9-13-6-7-15-12-5-4-10-2-1-3-11(10)8-12/h4-5,8H,1-3,6-7H2. The van der Waals surface area contributed by atoms with Gasteiger partial charge in [-0.3, -0.25) is 0 Å². The Hall–Kier alpha value is -1.60. The molecule has 0 heterocycles. The number of aryl methyl sites for hydroxylation is 2. The Morgan fingerprint density at radius 2 is 2.20 bits per heavy atom. The van der Waals surface area contributed by atoms with Crippen LogP contribution in [-0.2, 0) is 17.6 Å². The number of rotatable bonds is 4. The van der Waals surface area contributed by atoms with E-state index in [9.17, 15) is 4.79 Å². The first-order valence-corrected chi connectivity index (χ1v) is 5.18. The Kier molecular flexibility index (Phi) is 3.15. The van der Waals surface area contributed by atoms with Gasteiger partial charge in [-0.2, -0.15) is 0 Å². The van der Waals surface area contributed by atoms with Crippen molar-refractivity contribution < 1.29 is 9.53 Å². The van der Waals surface area contributed by atoms with E-state index < -0.39 is 0 Å². The summed E-state index contributed by atoms with van der Waals surface area (Å²) in [5.74, 6) is 0.872. The number of isocyanates is 1. The Labute approximate surface area is 88.8 Å². The van der Waals surface area contributed by atoms with Gasteiger partial charge in [0.1, 0.15) is 12.4 Å². The molecule has 1 aromatic carbocycles. The second-order valence-corrected chi connectivity index (χ2v) is 3.61. The molecule has 0 bridgehead atoms. The van der Waals surface area contributed by atoms with Gasteiger partial charge in [0.25, 0.3) is 0 Å². The maximum atomic E-state index is 9.82. The molecule has 0 unspecified atom stereocenters. The number of nitrogens with zero attached hydrogens (tertiary/aromatic N) is 1. The van der Waals surface area contributed by atoms with Gasteiger partial charge in [-0.25, -0.2) is 9.79 Å². The summed E-state index contributed by atoms with van der Waals surface area (Å²) in [4.78, 5) is 13.3. The highest BCUT2D eigenvalue weighted by Gasteiger charge is 2.10. The maximum absolute atomic E-state index is 9.82. The summed E-state index contributed by atoms with van der Waals surface area (Å²) in [5.41, 5.74) is 2.83. The van der Waals surface area contributed by atoms with Crippen molar-refractivity contribution in [1.29, 1.82) is 0 Å². The number of ether oxygens (including phenoxy) is 1. The van der Waals surface area contributed by atoms with Crippen LogP contribution in [0, 0.1) is 0 Å². The maximum Gasteiger partial charge on any atom is 0.235 e. The molecule has 1 aliphatic rings. The molecule has 0 radical (unpaired) electrons. The normalized spacial score (nSPS) is 13.1. The predicted octanol–water partition coefficient (Wildman–Crippen LogP) is 1.89. The van der Waals surface area contributed by atoms with Gasteiger partial charge in [-0.05, 0) is 42.5 Å². The van der Waals surface area contributed by atoms with Crippen LogP contribution in [0.3, 0.4) is 0 Å². The minimum Gasteiger partial charge on any atom is -0.492 e. The smallest absolute Gasteiger partial charge is 0.235 e. The molecule has 0 spiro atoms. The van der Waals surface area contributed by atoms with Crippen molar-refractivity contribution in [2.45, 2.75) is 19.3 Å². The first-order chi connectivity index (χ1) is 7.40. The molecule has 0 atom stereocenters. The molecule has 15 heavy (non-hydrogen) atoms. The van der Waals surface area contributed by atoms with Crippen LogP contribution in [0.25, 0.3) is 0 Å². The number of hydrogen-bond donors (Lipinski definition) is 0. The molecule has 1 aliphatic carbocycles. The van der Waals surface area contributed by atoms with Crippen LogP contribution in [0.4, 0.5) is 0 Å². The molecule has 0 fully saturated rings. The van der Waals surface area contributed by atoms with Crippen LogP contribution in [-0.4, -0.2) is 19.2 Å². The lowest BCUT2D eigenvalue weighted by atomic mass is 10.1. The average molecular weight is 203 g/mol. The molecule has 1 aromatic rings. The van der Waals surface area contributed by atoms with Gasteiger partial charge in [0.2, 0.25) is 6.08 Å². The van der Waals surface area contributed by atoms with E-state index in [1.54, 1.807) is 0 Å². The highest BCUT2D eigenvalue weighted by atomic mass is 16.5. The zero-order chi connectivity index (χ0) is 10.5. The van der Waals surface area contributed by atoms with Gasteiger partial charge in [0, 0.05) is 0 Å². The number of fused-ring (bicyclic) bond motifs is 1. The fraction of sp³-hybridized carbons (Fsp3) is 0.417. The average Bonchev–Trinajstić information content (AvgIpc) is 2.71. The van der Waals surface area contributed by atoms with E-state index in [0.29, 0.717) is 13.2 Å². The van der Waals surface area contributed by atoms with Crippen LogP contribution < -0.4 is 4.74 Å². The fourth-order valence-corrected chi connectivity index (χ4v) is 1.89. The van der Waals surface area contributed by atoms with Crippen LogP contribution in [0.2, 0.25) is 0 Å². The van der Waals surface area contributed by atoms with Gasteiger partial charge in [-0.15, -0.1) is 0 Å². The van der Waals surface area contributed by atoms with Crippen molar-refractivity contribution in [3.05, 3.63) is 29.3 Å². The summed E-state index contributed by atoms with van der Waals surface area (Å²) in [6.45, 7) is 0.814. The largest absolute Gasteiger partial charge is 0.492 e. The van der Waals surface area contributed by atoms with E-state index in [4.69, 9.17) is 4.74 Å². The van der Waals surface area contributed by atoms with Crippen molar-refractivity contribution in [2.24, 2.45) is 4.99 Å². The molecule has 0 aromatic heterocycles. The van der Waals surface area contributed by atoms with Crippen molar-refractivity contribution >= 4 is 6.08 Å². The SMILES string of the molecule is O=C=NCCOc1ccc2c(c1)CCC2. The Morgan fingerprint density at radius 3 is 3.07 bits per heavy atom. The molecule has 0 saturated carbocycles. The van der Waals surface area contributed by atoms with Gasteiger partial charge in [-0.1, -0.05) is 6.07 Å². The molecule has 3 heteroatoms. The Morgan fingerprint density at radius 1 is 1.33 bits per heavy atom. The second-order valence-electron chi connectivity index (χ2n) is 3.61. The summed E-state index contributed by atoms with van der Waals surface area (Å²) < 4.78 is 5.46. The molecular formula is C12H13NO2. The number of benzene rings is 1. The topological polar surface area (TPSA) is 38.7 Å². The highest BCUT2D eigenvalue weighted by molar-refractivity contribution is 5.38. The highest BCUT2D eigenvalue weighted by Crippen LogP contribution is 2.25. The quantitative estimate of drug-likeness (QED) is 0.426. The van der Waals surface area contributed by atoms with Crippen molar-refractivity contribution in [1.82, 2.24) is 0 Å². The summed E-state index contributed by atoms with van der Waals surface area (Å²) in [6.07, 6.45) is 5.07. The van der Waals surface area contributed by atoms with Gasteiger partial charge in [0.15, 0.2) is 0 Å². The lowest BCUT2D eigenvalue weighted by molar-refractivity contribution is 0.328. The van der Waals surface area contributed by atoms with Crippen molar-refractivity contribution in [3.8, 4) is 5.75 Å². The number of hydrogen-bond acceptors (Lipinski definition) is 3. The van der Waals surface area contributed by atoms with Gasteiger partial charge in [0.05, 0.1) is 6.54 Å². The zero-order valence-electron chi connectivity index (χ0n) is 8.53. The molecule has 2 rings (SSSR count). The third kappa shape index (κ3) is 2.45. The van der Waals surface area contributed by atoms with E-state index in [0.717, 1.165) is 12.2 Å². The van der Waals surface area contributed by atoms with E-state index in [1.165, 1.54) is 30.0 Å². The molecule has 0 N–H and O–H groups in total. The third-order valence-corrected chi connectivity index (χ3v) is 2.61. The molecular weight excluding hydrogens is 190 g/mol. The second kappa shape index (κ2) is 4.76. The third-order valence-electron chi connectivity index (χ3n) is 2.61. The van der Waals surface area contributed by atoms with E-state index in [1.807, 2.05) is 6.07 Å². The van der Waals surface area contributed by atoms with E-state index in [-0.39, 0.29) is 0 Å². The van der Waals surface area contributed by atoms with Crippen molar-refractivity contribution in [2.75, 3.05) is 13.2 Å². The van der Waals surface area contributed by atoms with E-state index >= 15 is 0 Å². The first-order valence-electron chi connectivity index (χ1n) is 5.18. The Balaban J connectivity index is 1.95. The van der Waals surface area contributed by atoms with E-state index in [2.05, 4.69) is 17.1 Å². The Bertz CT molecular complexity index is 395. The molecule has 0 saturated heterocycles. The predicted molar refractivity (Wildman–Crippen MR) is 57.0 cm³/mol. The minimum absolute atomic E-state index is 0.376. The molecule has 78 valence electrons. The molecule has 0 amide bonds. The minimum atomic E-state index is 0.376. The van der Waals surface area contributed by atoms with Crippen LogP contribution in [0.1, 0.15) is 17.5 Å². The van der Waals surface area contributed by atoms with Crippen molar-refractivity contribution in [3.63, 3.8) is 0 Å². The number of carbonyl (C=O) groups excluding carboxylic acids is 1. The van der Waals surface area contributed by atoms with Crippen LogP contribution in [0.5, 0.6) is 5.75 Å². The lowest BCUT2D eigenvalue weighted by Crippen LogP contribution is -2.01. The molecule has 0 aliphatic heterocycles.